The molecule has 3 nitrogen and oxygen atoms in total. The van der Waals surface area contributed by atoms with Gasteiger partial charge in [0.2, 0.25) is 5.66 Å². The van der Waals surface area contributed by atoms with Crippen molar-refractivity contribution < 1.29 is 39.9 Å². The van der Waals surface area contributed by atoms with Gasteiger partial charge in [0, 0.05) is 11.1 Å². The summed E-state index contributed by atoms with van der Waals surface area (Å²) in [5.74, 6) is -1.35. The molecular formula is C18H10F8N2O. The van der Waals surface area contributed by atoms with Gasteiger partial charge < -0.3 is 4.74 Å². The highest BCUT2D eigenvalue weighted by Crippen LogP contribution is 2.47. The van der Waals surface area contributed by atoms with E-state index in [1.165, 1.54) is 0 Å². The van der Waals surface area contributed by atoms with E-state index in [0.717, 1.165) is 36.4 Å². The van der Waals surface area contributed by atoms with Crippen LogP contribution in [0, 0.1) is 0 Å². The normalized spacial score (nSPS) is 16.5. The third-order valence-corrected chi connectivity index (χ3v) is 4.09. The van der Waals surface area contributed by atoms with E-state index >= 15 is 0 Å². The van der Waals surface area contributed by atoms with Crippen molar-refractivity contribution in [1.82, 2.24) is 0 Å². The summed E-state index contributed by atoms with van der Waals surface area (Å²) in [4.78, 5) is 7.06. The lowest BCUT2D eigenvalue weighted by Crippen LogP contribution is -2.35. The summed E-state index contributed by atoms with van der Waals surface area (Å²) in [7, 11) is 0. The number of aliphatic imine (C=N–C) groups is 2. The number of hydrogen-bond donors (Lipinski definition) is 0. The number of hydrogen-bond acceptors (Lipinski definition) is 3. The summed E-state index contributed by atoms with van der Waals surface area (Å²) in [6.45, 7) is 0. The van der Waals surface area contributed by atoms with Crippen LogP contribution >= 0.6 is 0 Å². The van der Waals surface area contributed by atoms with E-state index in [0.29, 0.717) is 18.5 Å². The van der Waals surface area contributed by atoms with Crippen LogP contribution in [0.1, 0.15) is 22.3 Å². The molecule has 2 aromatic carbocycles. The van der Waals surface area contributed by atoms with Crippen LogP contribution in [0.2, 0.25) is 0 Å². The van der Waals surface area contributed by atoms with Crippen molar-refractivity contribution in [1.29, 1.82) is 0 Å². The first kappa shape index (κ1) is 20.7. The van der Waals surface area contributed by atoms with Crippen molar-refractivity contribution in [3.63, 3.8) is 0 Å². The zero-order valence-corrected chi connectivity index (χ0v) is 14.1. The van der Waals surface area contributed by atoms with E-state index in [1.54, 1.807) is 0 Å². The smallest absolute Gasteiger partial charge is 0.416 e. The van der Waals surface area contributed by atoms with Gasteiger partial charge in [-0.25, -0.2) is 9.98 Å². The third kappa shape index (κ3) is 3.81. The van der Waals surface area contributed by atoms with E-state index in [2.05, 4.69) is 14.7 Å². The quantitative estimate of drug-likeness (QED) is 0.589. The molecule has 0 amide bonds. The molecule has 0 N–H and O–H groups in total. The zero-order valence-electron chi connectivity index (χ0n) is 14.1. The molecule has 3 rings (SSSR count). The summed E-state index contributed by atoms with van der Waals surface area (Å²) >= 11 is 0. The second kappa shape index (κ2) is 7.12. The van der Waals surface area contributed by atoms with Gasteiger partial charge in [-0.05, 0) is 12.1 Å². The van der Waals surface area contributed by atoms with Crippen molar-refractivity contribution in [3.05, 3.63) is 70.8 Å². The first-order valence-corrected chi connectivity index (χ1v) is 7.88. The van der Waals surface area contributed by atoms with Crippen molar-refractivity contribution >= 4 is 12.3 Å². The van der Waals surface area contributed by atoms with Gasteiger partial charge in [-0.1, -0.05) is 36.4 Å². The van der Waals surface area contributed by atoms with Gasteiger partial charge in [-0.3, -0.25) is 0 Å². The van der Waals surface area contributed by atoms with Crippen LogP contribution in [0.15, 0.2) is 58.5 Å². The Morgan fingerprint density at radius 3 is 1.62 bits per heavy atom. The molecule has 1 aliphatic heterocycles. The van der Waals surface area contributed by atoms with Crippen molar-refractivity contribution in [2.45, 2.75) is 24.4 Å². The van der Waals surface area contributed by atoms with Crippen LogP contribution in [0.25, 0.3) is 0 Å². The number of ether oxygens (including phenoxy) is 1. The molecule has 0 fully saturated rings. The fourth-order valence-corrected chi connectivity index (χ4v) is 2.94. The largest absolute Gasteiger partial charge is 0.426 e. The maximum absolute atomic E-state index is 13.6. The Hall–Kier alpha value is -2.98. The van der Waals surface area contributed by atoms with E-state index < -0.39 is 52.6 Å². The Bertz CT molecular complexity index is 905. The first-order chi connectivity index (χ1) is 13.5. The number of alkyl halides is 8. The number of benzene rings is 2. The highest BCUT2D eigenvalue weighted by Gasteiger charge is 2.48. The summed E-state index contributed by atoms with van der Waals surface area (Å²) in [6, 6.07) is 7.14. The summed E-state index contributed by atoms with van der Waals surface area (Å²) < 4.78 is 112. The molecule has 154 valence electrons. The lowest BCUT2D eigenvalue weighted by Gasteiger charge is -2.33. The highest BCUT2D eigenvalue weighted by atomic mass is 19.4. The molecule has 0 spiro atoms. The van der Waals surface area contributed by atoms with Gasteiger partial charge in [0.1, 0.15) is 0 Å². The van der Waals surface area contributed by atoms with Crippen molar-refractivity contribution in [2.24, 2.45) is 9.98 Å². The molecule has 0 saturated heterocycles. The van der Waals surface area contributed by atoms with Crippen LogP contribution in [-0.4, -0.2) is 18.7 Å². The minimum Gasteiger partial charge on any atom is -0.426 e. The Morgan fingerprint density at radius 2 is 1.21 bits per heavy atom. The SMILES string of the molecule is FC(F)C1=NC(c2ccccc2C(F)(F)F)(c2ccccc2C(F)(F)F)N=CO1. The molecule has 0 radical (unpaired) electrons. The van der Waals surface area contributed by atoms with Gasteiger partial charge >= 0.3 is 18.8 Å². The second-order valence-electron chi connectivity index (χ2n) is 5.86. The highest BCUT2D eigenvalue weighted by molar-refractivity contribution is 5.88. The molecule has 0 bridgehead atoms. The van der Waals surface area contributed by atoms with E-state index in [9.17, 15) is 35.1 Å². The topological polar surface area (TPSA) is 34.0 Å². The lowest BCUT2D eigenvalue weighted by atomic mass is 9.85. The molecule has 0 saturated carbocycles. The summed E-state index contributed by atoms with van der Waals surface area (Å²) in [6.07, 6.45) is -13.0. The maximum atomic E-state index is 13.6. The van der Waals surface area contributed by atoms with Crippen LogP contribution in [-0.2, 0) is 22.8 Å². The molecule has 0 unspecified atom stereocenters. The molecule has 1 heterocycles. The van der Waals surface area contributed by atoms with Crippen LogP contribution < -0.4 is 0 Å². The third-order valence-electron chi connectivity index (χ3n) is 4.09. The average molecular weight is 422 g/mol. The number of nitrogens with zero attached hydrogens (tertiary/aromatic N) is 2. The molecule has 0 atom stereocenters. The first-order valence-electron chi connectivity index (χ1n) is 7.88. The Kier molecular flexibility index (Phi) is 5.10. The fraction of sp³-hybridized carbons (Fsp3) is 0.222. The van der Waals surface area contributed by atoms with Crippen LogP contribution in [0.4, 0.5) is 35.1 Å². The predicted molar refractivity (Wildman–Crippen MR) is 86.7 cm³/mol. The van der Waals surface area contributed by atoms with Gasteiger partial charge in [0.05, 0.1) is 11.1 Å². The predicted octanol–water partition coefficient (Wildman–Crippen LogP) is 5.65. The van der Waals surface area contributed by atoms with Gasteiger partial charge in [0.25, 0.3) is 5.90 Å². The zero-order chi connectivity index (χ0) is 21.4. The summed E-state index contributed by atoms with van der Waals surface area (Å²) in [5, 5.41) is 0. The molecule has 1 aliphatic rings. The second-order valence-corrected chi connectivity index (χ2v) is 5.86. The molecule has 0 aromatic heterocycles. The fourth-order valence-electron chi connectivity index (χ4n) is 2.94. The van der Waals surface area contributed by atoms with E-state index in [4.69, 9.17) is 0 Å². The number of rotatable bonds is 3. The molecule has 2 aromatic rings. The molecule has 0 aliphatic carbocycles. The van der Waals surface area contributed by atoms with Gasteiger partial charge in [-0.15, -0.1) is 0 Å². The van der Waals surface area contributed by atoms with E-state index in [1.807, 2.05) is 0 Å². The van der Waals surface area contributed by atoms with Gasteiger partial charge in [-0.2, -0.15) is 35.1 Å². The minimum atomic E-state index is -5.01. The number of halogens is 8. The van der Waals surface area contributed by atoms with E-state index in [-0.39, 0.29) is 0 Å². The molecule has 29 heavy (non-hydrogen) atoms. The Labute approximate surface area is 158 Å². The Morgan fingerprint density at radius 1 is 0.759 bits per heavy atom. The van der Waals surface area contributed by atoms with Gasteiger partial charge in [0.15, 0.2) is 6.40 Å². The monoisotopic (exact) mass is 422 g/mol. The average Bonchev–Trinajstić information content (AvgIpc) is 2.66. The van der Waals surface area contributed by atoms with Crippen LogP contribution in [0.3, 0.4) is 0 Å². The van der Waals surface area contributed by atoms with Crippen molar-refractivity contribution in [2.75, 3.05) is 0 Å². The molecular weight excluding hydrogens is 412 g/mol. The molecule has 11 heteroatoms. The maximum Gasteiger partial charge on any atom is 0.416 e. The van der Waals surface area contributed by atoms with Crippen molar-refractivity contribution in [3.8, 4) is 0 Å². The van der Waals surface area contributed by atoms with Crippen LogP contribution in [0.5, 0.6) is 0 Å². The standard InChI is InChI=1S/C18H10F8N2O/c19-14(20)15-28-16(27-9-29-15,10-5-1-3-7-12(10)17(21,22)23)11-6-2-4-8-13(11)18(24,25)26/h1-9,14H. The lowest BCUT2D eigenvalue weighted by molar-refractivity contribution is -0.139. The Balaban J connectivity index is 2.43. The minimum absolute atomic E-state index is 0.370. The summed E-state index contributed by atoms with van der Waals surface area (Å²) in [5.41, 5.74) is -7.20.